The molecule has 0 amide bonds. The number of aromatic nitrogens is 1. The first kappa shape index (κ1) is 17.1. The molecule has 0 N–H and O–H groups in total. The molecule has 0 aliphatic rings. The molecular weight excluding hydrogens is 324 g/mol. The van der Waals surface area contributed by atoms with Gasteiger partial charge in [-0.1, -0.05) is 6.07 Å². The zero-order valence-corrected chi connectivity index (χ0v) is 14.5. The number of thioether (sulfide) groups is 1. The van der Waals surface area contributed by atoms with Crippen molar-refractivity contribution in [2.45, 2.75) is 12.2 Å². The lowest BCUT2D eigenvalue weighted by Gasteiger charge is -2.10. The van der Waals surface area contributed by atoms with E-state index in [1.807, 2.05) is 18.2 Å². The van der Waals surface area contributed by atoms with E-state index in [1.165, 1.54) is 8.87 Å². The number of hydrogen-bond donors (Lipinski definition) is 0. The molecule has 0 fully saturated rings. The number of oxazole rings is 1. The molecule has 0 bridgehead atoms. The lowest BCUT2D eigenvalue weighted by atomic mass is 10.2. The van der Waals surface area contributed by atoms with Gasteiger partial charge in [-0.3, -0.25) is 4.57 Å². The molecule has 0 aliphatic heterocycles. The van der Waals surface area contributed by atoms with Crippen LogP contribution in [-0.4, -0.2) is 42.9 Å². The lowest BCUT2D eigenvalue weighted by Crippen LogP contribution is -2.25. The number of fused-ring (bicyclic) bond motifs is 1. The van der Waals surface area contributed by atoms with E-state index in [-0.39, 0.29) is 11.5 Å². The molecule has 2 rings (SSSR count). The van der Waals surface area contributed by atoms with Crippen molar-refractivity contribution in [3.63, 3.8) is 0 Å². The molecule has 1 aromatic carbocycles. The van der Waals surface area contributed by atoms with Gasteiger partial charge in [-0.05, 0) is 29.9 Å². The summed E-state index contributed by atoms with van der Waals surface area (Å²) in [5.74, 6) is 1.33. The Kier molecular flexibility index (Phi) is 5.36. The maximum atomic E-state index is 11.6. The van der Waals surface area contributed by atoms with Crippen LogP contribution < -0.4 is 5.76 Å². The molecular formula is C14H20N2O4S2. The summed E-state index contributed by atoms with van der Waals surface area (Å²) in [6.07, 6.45) is 0.619. The zero-order valence-electron chi connectivity index (χ0n) is 12.9. The average molecular weight is 344 g/mol. The van der Waals surface area contributed by atoms with Crippen LogP contribution in [0.2, 0.25) is 0 Å². The van der Waals surface area contributed by atoms with Crippen molar-refractivity contribution in [3.8, 4) is 0 Å². The van der Waals surface area contributed by atoms with Crippen molar-refractivity contribution in [2.24, 2.45) is 7.05 Å². The second-order valence-electron chi connectivity index (χ2n) is 5.23. The first-order chi connectivity index (χ1) is 10.3. The smallest absolute Gasteiger partial charge is 0.408 e. The van der Waals surface area contributed by atoms with Crippen molar-refractivity contribution in [2.75, 3.05) is 25.6 Å². The Bertz CT molecular complexity index is 806. The van der Waals surface area contributed by atoms with E-state index in [0.717, 1.165) is 22.6 Å². The van der Waals surface area contributed by atoms with Crippen molar-refractivity contribution < 1.29 is 12.8 Å². The Morgan fingerprint density at radius 2 is 2.05 bits per heavy atom. The molecule has 2 aromatic rings. The fourth-order valence-corrected chi connectivity index (χ4v) is 3.95. The molecule has 22 heavy (non-hydrogen) atoms. The molecule has 122 valence electrons. The molecule has 0 aliphatic carbocycles. The number of sulfonamides is 1. The van der Waals surface area contributed by atoms with Crippen LogP contribution in [0.4, 0.5) is 0 Å². The van der Waals surface area contributed by atoms with Crippen LogP contribution in [0.3, 0.4) is 0 Å². The highest BCUT2D eigenvalue weighted by Gasteiger charge is 2.12. The number of rotatable bonds is 7. The molecule has 1 heterocycles. The van der Waals surface area contributed by atoms with E-state index in [1.54, 1.807) is 32.9 Å². The molecule has 1 aromatic heterocycles. The SMILES string of the molecule is CN(C)S(=O)(=O)CCCSCc1ccc2c(c1)oc(=O)n2C. The summed E-state index contributed by atoms with van der Waals surface area (Å²) in [4.78, 5) is 11.4. The van der Waals surface area contributed by atoms with Crippen molar-refractivity contribution in [1.29, 1.82) is 0 Å². The second kappa shape index (κ2) is 6.89. The Hall–Kier alpha value is -1.25. The van der Waals surface area contributed by atoms with Crippen LogP contribution in [0.25, 0.3) is 11.1 Å². The standard InChI is InChI=1S/C14H20N2O4S2/c1-15(2)22(18,19)8-4-7-21-10-11-5-6-12-13(9-11)20-14(17)16(12)3/h5-6,9H,4,7-8,10H2,1-3H3. The van der Waals surface area contributed by atoms with Gasteiger partial charge in [0.2, 0.25) is 10.0 Å². The van der Waals surface area contributed by atoms with Gasteiger partial charge in [0.1, 0.15) is 0 Å². The summed E-state index contributed by atoms with van der Waals surface area (Å²) in [5.41, 5.74) is 2.42. The Morgan fingerprint density at radius 3 is 2.73 bits per heavy atom. The van der Waals surface area contributed by atoms with Crippen molar-refractivity contribution >= 4 is 32.9 Å². The summed E-state index contributed by atoms with van der Waals surface area (Å²) < 4.78 is 31.1. The van der Waals surface area contributed by atoms with Gasteiger partial charge in [0, 0.05) is 26.9 Å². The van der Waals surface area contributed by atoms with Crippen LogP contribution >= 0.6 is 11.8 Å². The zero-order chi connectivity index (χ0) is 16.3. The maximum absolute atomic E-state index is 11.6. The minimum Gasteiger partial charge on any atom is -0.408 e. The minimum absolute atomic E-state index is 0.166. The Labute approximate surface area is 134 Å². The monoisotopic (exact) mass is 344 g/mol. The predicted molar refractivity (Wildman–Crippen MR) is 89.7 cm³/mol. The molecule has 8 heteroatoms. The van der Waals surface area contributed by atoms with Crippen molar-refractivity contribution in [3.05, 3.63) is 34.3 Å². The van der Waals surface area contributed by atoms with Gasteiger partial charge >= 0.3 is 5.76 Å². The van der Waals surface area contributed by atoms with Crippen LogP contribution in [-0.2, 0) is 22.8 Å². The molecule has 0 saturated heterocycles. The molecule has 0 unspecified atom stereocenters. The maximum Gasteiger partial charge on any atom is 0.419 e. The second-order valence-corrected chi connectivity index (χ2v) is 8.64. The van der Waals surface area contributed by atoms with E-state index >= 15 is 0 Å². The molecule has 0 saturated carbocycles. The van der Waals surface area contributed by atoms with Crippen LogP contribution in [0, 0.1) is 0 Å². The van der Waals surface area contributed by atoms with Gasteiger partial charge in [0.25, 0.3) is 0 Å². The van der Waals surface area contributed by atoms with Crippen LogP contribution in [0.5, 0.6) is 0 Å². The third kappa shape index (κ3) is 3.93. The Morgan fingerprint density at radius 1 is 1.32 bits per heavy atom. The molecule has 0 atom stereocenters. The molecule has 0 spiro atoms. The van der Waals surface area contributed by atoms with E-state index in [9.17, 15) is 13.2 Å². The van der Waals surface area contributed by atoms with E-state index in [0.29, 0.717) is 12.0 Å². The van der Waals surface area contributed by atoms with Crippen LogP contribution in [0.15, 0.2) is 27.4 Å². The van der Waals surface area contributed by atoms with Gasteiger partial charge in [0.15, 0.2) is 5.58 Å². The first-order valence-corrected chi connectivity index (χ1v) is 9.64. The third-order valence-corrected chi connectivity index (χ3v) is 6.40. The Balaban J connectivity index is 1.86. The summed E-state index contributed by atoms with van der Waals surface area (Å²) in [6.45, 7) is 0. The number of hydrogen-bond acceptors (Lipinski definition) is 5. The van der Waals surface area contributed by atoms with Gasteiger partial charge in [-0.2, -0.15) is 11.8 Å². The number of benzene rings is 1. The van der Waals surface area contributed by atoms with Gasteiger partial charge in [-0.25, -0.2) is 17.5 Å². The van der Waals surface area contributed by atoms with E-state index in [4.69, 9.17) is 4.42 Å². The number of aryl methyl sites for hydroxylation is 1. The fraction of sp³-hybridized carbons (Fsp3) is 0.500. The minimum atomic E-state index is -3.11. The highest BCUT2D eigenvalue weighted by molar-refractivity contribution is 7.98. The number of nitrogens with zero attached hydrogens (tertiary/aromatic N) is 2. The first-order valence-electron chi connectivity index (χ1n) is 6.87. The highest BCUT2D eigenvalue weighted by atomic mass is 32.2. The summed E-state index contributed by atoms with van der Waals surface area (Å²) in [6, 6.07) is 5.69. The third-order valence-electron chi connectivity index (χ3n) is 3.37. The highest BCUT2D eigenvalue weighted by Crippen LogP contribution is 2.19. The molecule has 6 nitrogen and oxygen atoms in total. The van der Waals surface area contributed by atoms with Gasteiger partial charge in [0.05, 0.1) is 11.3 Å². The summed E-state index contributed by atoms with van der Waals surface area (Å²) in [7, 11) is 1.66. The van der Waals surface area contributed by atoms with Crippen molar-refractivity contribution in [1.82, 2.24) is 8.87 Å². The molecule has 0 radical (unpaired) electrons. The normalized spacial score (nSPS) is 12.4. The quantitative estimate of drug-likeness (QED) is 0.714. The topological polar surface area (TPSA) is 72.5 Å². The lowest BCUT2D eigenvalue weighted by molar-refractivity contribution is 0.520. The van der Waals surface area contributed by atoms with Gasteiger partial charge < -0.3 is 4.42 Å². The van der Waals surface area contributed by atoms with E-state index in [2.05, 4.69) is 0 Å². The predicted octanol–water partition coefficient (Wildman–Crippen LogP) is 1.65. The average Bonchev–Trinajstić information content (AvgIpc) is 2.73. The van der Waals surface area contributed by atoms with E-state index < -0.39 is 10.0 Å². The summed E-state index contributed by atoms with van der Waals surface area (Å²) >= 11 is 1.67. The summed E-state index contributed by atoms with van der Waals surface area (Å²) in [5, 5.41) is 0. The fourth-order valence-electron chi connectivity index (χ4n) is 1.98. The largest absolute Gasteiger partial charge is 0.419 e. The van der Waals surface area contributed by atoms with Gasteiger partial charge in [-0.15, -0.1) is 0 Å². The van der Waals surface area contributed by atoms with Crippen LogP contribution in [0.1, 0.15) is 12.0 Å².